The van der Waals surface area contributed by atoms with E-state index in [0.717, 1.165) is 16.9 Å². The third kappa shape index (κ3) is 5.19. The minimum atomic E-state index is -1.29. The van der Waals surface area contributed by atoms with Crippen LogP contribution in [0.2, 0.25) is 0 Å². The van der Waals surface area contributed by atoms with Crippen LogP contribution in [-0.4, -0.2) is 24.8 Å². The Morgan fingerprint density at radius 1 is 1.20 bits per heavy atom. The molecule has 0 fully saturated rings. The van der Waals surface area contributed by atoms with E-state index < -0.39 is 11.6 Å². The van der Waals surface area contributed by atoms with Crippen LogP contribution < -0.4 is 15.4 Å². The molecule has 0 aromatic heterocycles. The third-order valence-corrected chi connectivity index (χ3v) is 3.97. The second-order valence-electron chi connectivity index (χ2n) is 6.12. The van der Waals surface area contributed by atoms with Crippen molar-refractivity contribution in [2.24, 2.45) is 0 Å². The van der Waals surface area contributed by atoms with Gasteiger partial charge in [0.2, 0.25) is 0 Å². The average molecular weight is 346 g/mol. The molecule has 2 amide bonds. The van der Waals surface area contributed by atoms with E-state index in [9.17, 15) is 14.3 Å². The van der Waals surface area contributed by atoms with E-state index >= 15 is 0 Å². The number of urea groups is 1. The van der Waals surface area contributed by atoms with Crippen molar-refractivity contribution in [3.05, 3.63) is 65.0 Å². The zero-order valence-corrected chi connectivity index (χ0v) is 14.6. The Hall–Kier alpha value is -2.60. The second-order valence-corrected chi connectivity index (χ2v) is 6.12. The molecule has 0 aliphatic carbocycles. The maximum absolute atomic E-state index is 13.0. The first kappa shape index (κ1) is 18.7. The van der Waals surface area contributed by atoms with Gasteiger partial charge in [0.05, 0.1) is 13.7 Å². The van der Waals surface area contributed by atoms with Gasteiger partial charge in [-0.15, -0.1) is 0 Å². The summed E-state index contributed by atoms with van der Waals surface area (Å²) in [5, 5.41) is 15.8. The molecule has 1 atom stereocenters. The highest BCUT2D eigenvalue weighted by atomic mass is 19.1. The number of ether oxygens (including phenoxy) is 1. The summed E-state index contributed by atoms with van der Waals surface area (Å²) in [5.74, 6) is 0.420. The Kier molecular flexibility index (Phi) is 5.98. The Balaban J connectivity index is 1.85. The minimum absolute atomic E-state index is 0.00606. The lowest BCUT2D eigenvalue weighted by atomic mass is 9.96. The van der Waals surface area contributed by atoms with Gasteiger partial charge < -0.3 is 20.5 Å². The number of aliphatic hydroxyl groups is 1. The quantitative estimate of drug-likeness (QED) is 0.753. The first-order valence-corrected chi connectivity index (χ1v) is 7.95. The van der Waals surface area contributed by atoms with E-state index in [4.69, 9.17) is 4.74 Å². The minimum Gasteiger partial charge on any atom is -0.496 e. The van der Waals surface area contributed by atoms with E-state index in [1.807, 2.05) is 25.1 Å². The molecule has 5 nitrogen and oxygen atoms in total. The predicted molar refractivity (Wildman–Crippen MR) is 93.9 cm³/mol. The van der Waals surface area contributed by atoms with E-state index in [2.05, 4.69) is 10.6 Å². The molecular formula is C19H23FN2O3. The highest BCUT2D eigenvalue weighted by Gasteiger charge is 2.23. The van der Waals surface area contributed by atoms with Crippen molar-refractivity contribution in [2.75, 3.05) is 13.7 Å². The summed E-state index contributed by atoms with van der Waals surface area (Å²) in [6.45, 7) is 3.86. The zero-order valence-electron chi connectivity index (χ0n) is 14.6. The summed E-state index contributed by atoms with van der Waals surface area (Å²) in [5.41, 5.74) is 1.17. The van der Waals surface area contributed by atoms with E-state index in [-0.39, 0.29) is 12.4 Å². The normalized spacial score (nSPS) is 13.0. The number of amides is 2. The van der Waals surface area contributed by atoms with Crippen LogP contribution in [-0.2, 0) is 12.1 Å². The fourth-order valence-corrected chi connectivity index (χ4v) is 2.46. The van der Waals surface area contributed by atoms with Gasteiger partial charge in [-0.1, -0.05) is 24.3 Å². The summed E-state index contributed by atoms with van der Waals surface area (Å²) < 4.78 is 18.2. The van der Waals surface area contributed by atoms with Gasteiger partial charge in [0.15, 0.2) is 0 Å². The van der Waals surface area contributed by atoms with Crippen LogP contribution in [0.15, 0.2) is 42.5 Å². The SMILES string of the molecule is COc1ccc(CNC(=O)NCC(C)(O)c2ccc(F)cc2)cc1C. The number of methoxy groups -OCH3 is 1. The average Bonchev–Trinajstić information content (AvgIpc) is 2.59. The number of carbonyl (C=O) groups is 1. The summed E-state index contributed by atoms with van der Waals surface area (Å²) in [6, 6.07) is 10.8. The number of rotatable bonds is 6. The number of carbonyl (C=O) groups excluding carboxylic acids is 1. The number of benzene rings is 2. The maximum atomic E-state index is 13.0. The largest absolute Gasteiger partial charge is 0.496 e. The van der Waals surface area contributed by atoms with Gasteiger partial charge in [0.1, 0.15) is 17.2 Å². The molecule has 0 heterocycles. The van der Waals surface area contributed by atoms with Gasteiger partial charge in [-0.05, 0) is 48.7 Å². The highest BCUT2D eigenvalue weighted by Crippen LogP contribution is 2.20. The van der Waals surface area contributed by atoms with Gasteiger partial charge in [-0.25, -0.2) is 9.18 Å². The molecular weight excluding hydrogens is 323 g/mol. The first-order valence-electron chi connectivity index (χ1n) is 7.95. The lowest BCUT2D eigenvalue weighted by Crippen LogP contribution is -2.43. The smallest absolute Gasteiger partial charge is 0.315 e. The standard InChI is InChI=1S/C19H23FN2O3/c1-13-10-14(4-9-17(13)25-3)11-21-18(23)22-12-19(2,24)15-5-7-16(20)8-6-15/h4-10,24H,11-12H2,1-3H3,(H2,21,22,23). The van der Waals surface area contributed by atoms with Gasteiger partial charge in [-0.2, -0.15) is 0 Å². The van der Waals surface area contributed by atoms with Crippen LogP contribution in [0.25, 0.3) is 0 Å². The van der Waals surface area contributed by atoms with Crippen LogP contribution in [0.3, 0.4) is 0 Å². The number of hydrogen-bond donors (Lipinski definition) is 3. The first-order chi connectivity index (χ1) is 11.8. The van der Waals surface area contributed by atoms with Gasteiger partial charge >= 0.3 is 6.03 Å². The topological polar surface area (TPSA) is 70.6 Å². The predicted octanol–water partition coefficient (Wildman–Crippen LogP) is 2.85. The second kappa shape index (κ2) is 7.98. The van der Waals surface area contributed by atoms with Crippen molar-refractivity contribution >= 4 is 6.03 Å². The highest BCUT2D eigenvalue weighted by molar-refractivity contribution is 5.74. The maximum Gasteiger partial charge on any atom is 0.315 e. The van der Waals surface area contributed by atoms with Gasteiger partial charge in [0.25, 0.3) is 0 Å². The zero-order chi connectivity index (χ0) is 18.4. The molecule has 0 bridgehead atoms. The fraction of sp³-hybridized carbons (Fsp3) is 0.316. The molecule has 2 rings (SSSR count). The molecule has 0 spiro atoms. The van der Waals surface area contributed by atoms with E-state index in [1.165, 1.54) is 24.3 Å². The van der Waals surface area contributed by atoms with Crippen LogP contribution >= 0.6 is 0 Å². The van der Waals surface area contributed by atoms with Crippen molar-refractivity contribution < 1.29 is 19.0 Å². The Bertz CT molecular complexity index is 730. The van der Waals surface area contributed by atoms with Gasteiger partial charge in [0, 0.05) is 6.54 Å². The molecule has 2 aromatic carbocycles. The summed E-state index contributed by atoms with van der Waals surface area (Å²) in [6.07, 6.45) is 0. The van der Waals surface area contributed by atoms with Crippen LogP contribution in [0.1, 0.15) is 23.6 Å². The van der Waals surface area contributed by atoms with E-state index in [0.29, 0.717) is 12.1 Å². The third-order valence-electron chi connectivity index (χ3n) is 3.97. The van der Waals surface area contributed by atoms with Crippen molar-refractivity contribution in [1.82, 2.24) is 10.6 Å². The molecule has 3 N–H and O–H groups in total. The van der Waals surface area contributed by atoms with Crippen LogP contribution in [0.5, 0.6) is 5.75 Å². The molecule has 0 saturated carbocycles. The summed E-state index contributed by atoms with van der Waals surface area (Å²) in [7, 11) is 1.61. The molecule has 2 aromatic rings. The Morgan fingerprint density at radius 2 is 1.88 bits per heavy atom. The molecule has 0 aliphatic heterocycles. The molecule has 0 aliphatic rings. The van der Waals surface area contributed by atoms with Crippen molar-refractivity contribution in [1.29, 1.82) is 0 Å². The monoisotopic (exact) mass is 346 g/mol. The Labute approximate surface area is 146 Å². The van der Waals surface area contributed by atoms with Crippen LogP contribution in [0, 0.1) is 12.7 Å². The molecule has 1 unspecified atom stereocenters. The van der Waals surface area contributed by atoms with E-state index in [1.54, 1.807) is 14.0 Å². The molecule has 0 saturated heterocycles. The summed E-state index contributed by atoms with van der Waals surface area (Å²) >= 11 is 0. The van der Waals surface area contributed by atoms with Crippen LogP contribution in [0.4, 0.5) is 9.18 Å². The lowest BCUT2D eigenvalue weighted by molar-refractivity contribution is 0.0593. The summed E-state index contributed by atoms with van der Waals surface area (Å²) in [4.78, 5) is 11.9. The lowest BCUT2D eigenvalue weighted by Gasteiger charge is -2.24. The van der Waals surface area contributed by atoms with Crippen molar-refractivity contribution in [3.8, 4) is 5.75 Å². The molecule has 6 heteroatoms. The Morgan fingerprint density at radius 3 is 2.48 bits per heavy atom. The van der Waals surface area contributed by atoms with Crippen molar-refractivity contribution in [2.45, 2.75) is 26.0 Å². The molecule has 0 radical (unpaired) electrons. The number of nitrogens with one attached hydrogen (secondary N) is 2. The molecule has 25 heavy (non-hydrogen) atoms. The number of hydrogen-bond acceptors (Lipinski definition) is 3. The number of aryl methyl sites for hydroxylation is 1. The fourth-order valence-electron chi connectivity index (χ4n) is 2.46. The number of halogens is 1. The molecule has 134 valence electrons. The van der Waals surface area contributed by atoms with Crippen molar-refractivity contribution in [3.63, 3.8) is 0 Å². The van der Waals surface area contributed by atoms with Gasteiger partial charge in [-0.3, -0.25) is 0 Å².